The summed E-state index contributed by atoms with van der Waals surface area (Å²) in [4.78, 5) is 14.4. The van der Waals surface area contributed by atoms with Crippen molar-refractivity contribution in [2.75, 3.05) is 32.6 Å². The number of likely N-dealkylation sites (tertiary alicyclic amines) is 1. The zero-order valence-electron chi connectivity index (χ0n) is 18.1. The van der Waals surface area contributed by atoms with E-state index in [0.29, 0.717) is 32.4 Å². The number of piperidine rings is 1. The van der Waals surface area contributed by atoms with Crippen LogP contribution < -0.4 is 9.46 Å². The molecule has 2 aliphatic heterocycles. The Kier molecular flexibility index (Phi) is 6.48. The van der Waals surface area contributed by atoms with Crippen LogP contribution in [-0.4, -0.2) is 74.1 Å². The Bertz CT molecular complexity index is 871. The summed E-state index contributed by atoms with van der Waals surface area (Å²) >= 11 is 0. The molecule has 0 saturated carbocycles. The van der Waals surface area contributed by atoms with Crippen LogP contribution in [0.4, 0.5) is 0 Å². The molecular formula is C21H32N2O6S. The highest BCUT2D eigenvalue weighted by Gasteiger charge is 2.49. The number of aryl methyl sites for hydroxylation is 2. The second-order valence-electron chi connectivity index (χ2n) is 8.87. The zero-order chi connectivity index (χ0) is 22.2. The van der Waals surface area contributed by atoms with E-state index in [0.717, 1.165) is 23.1 Å². The number of aliphatic hydroxyl groups is 1. The monoisotopic (exact) mass is 440 g/mol. The molecule has 2 saturated heterocycles. The maximum Gasteiger partial charge on any atom is 0.260 e. The summed E-state index contributed by atoms with van der Waals surface area (Å²) < 4.78 is 37.7. The molecule has 0 unspecified atom stereocenters. The third kappa shape index (κ3) is 5.32. The molecule has 2 aliphatic rings. The van der Waals surface area contributed by atoms with Crippen LogP contribution in [0.15, 0.2) is 18.2 Å². The first kappa shape index (κ1) is 23.0. The molecule has 8 nitrogen and oxygen atoms in total. The summed E-state index contributed by atoms with van der Waals surface area (Å²) in [5.41, 5.74) is 0.162. The highest BCUT2D eigenvalue weighted by atomic mass is 32.2. The molecule has 1 spiro atoms. The highest BCUT2D eigenvalue weighted by molar-refractivity contribution is 7.88. The number of para-hydroxylation sites is 1. The number of rotatable bonds is 5. The fraction of sp³-hybridized carbons (Fsp3) is 0.667. The number of benzene rings is 1. The van der Waals surface area contributed by atoms with Crippen LogP contribution in [0.1, 0.15) is 37.3 Å². The molecule has 168 valence electrons. The molecule has 9 heteroatoms. The molecule has 0 radical (unpaired) electrons. The summed E-state index contributed by atoms with van der Waals surface area (Å²) in [7, 11) is -3.46. The van der Waals surface area contributed by atoms with E-state index in [1.807, 2.05) is 32.0 Å². The molecular weight excluding hydrogens is 408 g/mol. The van der Waals surface area contributed by atoms with E-state index in [1.54, 1.807) is 11.8 Å². The molecule has 3 rings (SSSR count). The summed E-state index contributed by atoms with van der Waals surface area (Å²) in [5, 5.41) is 10.5. The molecule has 1 amide bonds. The predicted octanol–water partition coefficient (Wildman–Crippen LogP) is 1.13. The molecule has 2 atom stereocenters. The van der Waals surface area contributed by atoms with E-state index in [-0.39, 0.29) is 19.1 Å². The number of carbonyl (C=O) groups excluding carboxylic acids is 1. The first-order valence-electron chi connectivity index (χ1n) is 10.2. The van der Waals surface area contributed by atoms with E-state index < -0.39 is 27.3 Å². The molecule has 0 bridgehead atoms. The Morgan fingerprint density at radius 3 is 2.47 bits per heavy atom. The van der Waals surface area contributed by atoms with Crippen LogP contribution in [0.5, 0.6) is 5.75 Å². The number of nitrogens with zero attached hydrogens (tertiary/aromatic N) is 1. The van der Waals surface area contributed by atoms with Crippen molar-refractivity contribution in [1.82, 2.24) is 9.62 Å². The smallest absolute Gasteiger partial charge is 0.260 e. The van der Waals surface area contributed by atoms with Crippen LogP contribution in [0.3, 0.4) is 0 Å². The first-order chi connectivity index (χ1) is 13.9. The number of carbonyl (C=O) groups is 1. The van der Waals surface area contributed by atoms with Gasteiger partial charge in [0.1, 0.15) is 11.4 Å². The third-order valence-corrected chi connectivity index (χ3v) is 6.84. The lowest BCUT2D eigenvalue weighted by Gasteiger charge is -2.50. The average Bonchev–Trinajstić information content (AvgIpc) is 2.64. The first-order valence-corrected chi connectivity index (χ1v) is 12.1. The van der Waals surface area contributed by atoms with E-state index >= 15 is 0 Å². The number of hydrogen-bond donors (Lipinski definition) is 2. The minimum Gasteiger partial charge on any atom is -0.483 e. The lowest BCUT2D eigenvalue weighted by Crippen LogP contribution is -2.64. The summed E-state index contributed by atoms with van der Waals surface area (Å²) in [6.45, 7) is 6.51. The van der Waals surface area contributed by atoms with Gasteiger partial charge in [-0.1, -0.05) is 18.2 Å². The molecule has 0 aromatic heterocycles. The Labute approximate surface area is 178 Å². The Hall–Kier alpha value is -1.68. The van der Waals surface area contributed by atoms with Crippen LogP contribution in [0, 0.1) is 13.8 Å². The number of ether oxygens (including phenoxy) is 2. The summed E-state index contributed by atoms with van der Waals surface area (Å²) in [6, 6.07) is 5.23. The van der Waals surface area contributed by atoms with E-state index in [4.69, 9.17) is 9.47 Å². The minimum atomic E-state index is -3.46. The van der Waals surface area contributed by atoms with Gasteiger partial charge in [0.05, 0.1) is 24.5 Å². The number of sulfonamides is 1. The largest absolute Gasteiger partial charge is 0.483 e. The van der Waals surface area contributed by atoms with Crippen LogP contribution in [-0.2, 0) is 19.6 Å². The molecule has 2 N–H and O–H groups in total. The van der Waals surface area contributed by atoms with E-state index in [9.17, 15) is 18.3 Å². The van der Waals surface area contributed by atoms with Crippen molar-refractivity contribution in [2.24, 2.45) is 0 Å². The summed E-state index contributed by atoms with van der Waals surface area (Å²) in [6.07, 6.45) is 2.62. The molecule has 1 aromatic carbocycles. The Morgan fingerprint density at radius 2 is 1.90 bits per heavy atom. The van der Waals surface area contributed by atoms with Crippen LogP contribution in [0.25, 0.3) is 0 Å². The second-order valence-corrected chi connectivity index (χ2v) is 10.6. The molecule has 0 aliphatic carbocycles. The number of nitrogens with one attached hydrogen (secondary N) is 1. The van der Waals surface area contributed by atoms with Gasteiger partial charge >= 0.3 is 0 Å². The standard InChI is InChI=1S/C21H32N2O6S/c1-15-6-5-7-16(2)19(15)28-13-18(24)23-10-8-21(9-11-23)12-17(22-30(4,26)27)20(3,25)14-29-21/h5-7,17,22,25H,8-14H2,1-4H3/t17-,20-/m0/s1. The topological polar surface area (TPSA) is 105 Å². The van der Waals surface area contributed by atoms with Gasteiger partial charge in [0.15, 0.2) is 6.61 Å². The maximum atomic E-state index is 12.6. The van der Waals surface area contributed by atoms with Gasteiger partial charge in [0.2, 0.25) is 10.0 Å². The molecule has 30 heavy (non-hydrogen) atoms. The van der Waals surface area contributed by atoms with Crippen molar-refractivity contribution >= 4 is 15.9 Å². The van der Waals surface area contributed by atoms with Gasteiger partial charge in [0.25, 0.3) is 5.91 Å². The van der Waals surface area contributed by atoms with Crippen molar-refractivity contribution in [3.05, 3.63) is 29.3 Å². The third-order valence-electron chi connectivity index (χ3n) is 6.13. The summed E-state index contributed by atoms with van der Waals surface area (Å²) in [5.74, 6) is 0.660. The second kappa shape index (κ2) is 8.45. The lowest BCUT2D eigenvalue weighted by molar-refractivity contribution is -0.191. The van der Waals surface area contributed by atoms with Gasteiger partial charge in [-0.15, -0.1) is 0 Å². The van der Waals surface area contributed by atoms with E-state index in [1.165, 1.54) is 0 Å². The normalized spacial score (nSPS) is 26.6. The fourth-order valence-electron chi connectivity index (χ4n) is 4.24. The van der Waals surface area contributed by atoms with Crippen molar-refractivity contribution in [1.29, 1.82) is 0 Å². The van der Waals surface area contributed by atoms with Gasteiger partial charge < -0.3 is 19.5 Å². The minimum absolute atomic E-state index is 0.0213. The predicted molar refractivity (Wildman–Crippen MR) is 113 cm³/mol. The van der Waals surface area contributed by atoms with Crippen molar-refractivity contribution < 1.29 is 27.8 Å². The fourth-order valence-corrected chi connectivity index (χ4v) is 5.10. The van der Waals surface area contributed by atoms with Crippen LogP contribution >= 0.6 is 0 Å². The lowest BCUT2D eigenvalue weighted by atomic mass is 9.78. The molecule has 2 heterocycles. The van der Waals surface area contributed by atoms with Gasteiger partial charge in [0, 0.05) is 13.1 Å². The van der Waals surface area contributed by atoms with Gasteiger partial charge in [-0.3, -0.25) is 4.79 Å². The van der Waals surface area contributed by atoms with Gasteiger partial charge in [-0.25, -0.2) is 13.1 Å². The van der Waals surface area contributed by atoms with Gasteiger partial charge in [-0.05, 0) is 51.2 Å². The quantitative estimate of drug-likeness (QED) is 0.711. The average molecular weight is 441 g/mol. The van der Waals surface area contributed by atoms with Crippen molar-refractivity contribution in [3.8, 4) is 5.75 Å². The number of hydrogen-bond acceptors (Lipinski definition) is 6. The van der Waals surface area contributed by atoms with Gasteiger partial charge in [-0.2, -0.15) is 0 Å². The molecule has 2 fully saturated rings. The maximum absolute atomic E-state index is 12.6. The zero-order valence-corrected chi connectivity index (χ0v) is 18.9. The number of amides is 1. The van der Waals surface area contributed by atoms with Crippen LogP contribution in [0.2, 0.25) is 0 Å². The highest BCUT2D eigenvalue weighted by Crippen LogP contribution is 2.38. The van der Waals surface area contributed by atoms with Crippen molar-refractivity contribution in [2.45, 2.75) is 57.3 Å². The van der Waals surface area contributed by atoms with E-state index in [2.05, 4.69) is 4.72 Å². The molecule has 1 aromatic rings. The Morgan fingerprint density at radius 1 is 1.30 bits per heavy atom. The Balaban J connectivity index is 1.58. The van der Waals surface area contributed by atoms with Crippen molar-refractivity contribution in [3.63, 3.8) is 0 Å². The SMILES string of the molecule is Cc1cccc(C)c1OCC(=O)N1CCC2(CC1)C[C@H](NS(C)(=O)=O)[C@@](C)(O)CO2.